The first-order valence-electron chi connectivity index (χ1n) is 7.84. The third-order valence-corrected chi connectivity index (χ3v) is 4.99. The van der Waals surface area contributed by atoms with E-state index in [0.29, 0.717) is 0 Å². The fourth-order valence-electron chi connectivity index (χ4n) is 2.08. The van der Waals surface area contributed by atoms with Gasteiger partial charge < -0.3 is 15.0 Å². The van der Waals surface area contributed by atoms with Gasteiger partial charge in [-0.3, -0.25) is 0 Å². The summed E-state index contributed by atoms with van der Waals surface area (Å²) in [6.45, 7) is 1.61. The van der Waals surface area contributed by atoms with Crippen LogP contribution in [0.5, 0.6) is 0 Å². The molecule has 0 radical (unpaired) electrons. The number of carboxylic acid groups (broad SMARTS) is 1. The normalized spacial score (nSPS) is 11.0. The van der Waals surface area contributed by atoms with Crippen LogP contribution in [0.15, 0.2) is 46.8 Å². The van der Waals surface area contributed by atoms with Gasteiger partial charge in [0.25, 0.3) is 0 Å². The number of hydrogen-bond acceptors (Lipinski definition) is 5. The van der Waals surface area contributed by atoms with E-state index in [0.717, 1.165) is 28.4 Å². The molecule has 6 nitrogen and oxygen atoms in total. The van der Waals surface area contributed by atoms with Crippen LogP contribution < -0.4 is 5.32 Å². The van der Waals surface area contributed by atoms with Crippen molar-refractivity contribution in [3.63, 3.8) is 0 Å². The molecule has 0 spiro atoms. The average Bonchev–Trinajstić information content (AvgIpc) is 3.27. The van der Waals surface area contributed by atoms with E-state index in [1.165, 1.54) is 11.1 Å². The largest absolute Gasteiger partial charge is 0.490 e. The lowest BCUT2D eigenvalue weighted by atomic mass is 10.1. The molecule has 0 aliphatic heterocycles. The predicted octanol–water partition coefficient (Wildman–Crippen LogP) is 4.23. The summed E-state index contributed by atoms with van der Waals surface area (Å²) < 4.78 is 34.7. The summed E-state index contributed by atoms with van der Waals surface area (Å²) in [6, 6.07) is 8.52. The van der Waals surface area contributed by atoms with E-state index in [-0.39, 0.29) is 0 Å². The second-order valence-corrected chi connectivity index (χ2v) is 7.18. The highest BCUT2D eigenvalue weighted by atomic mass is 79.9. The molecule has 28 heavy (non-hydrogen) atoms. The fraction of sp³-hybridized carbons (Fsp3) is 0.235. The van der Waals surface area contributed by atoms with Gasteiger partial charge in [-0.15, -0.1) is 11.3 Å². The maximum absolute atomic E-state index is 10.6. The number of aliphatic carboxylic acids is 1. The van der Waals surface area contributed by atoms with Crippen molar-refractivity contribution in [3.05, 3.63) is 58.0 Å². The topological polar surface area (TPSA) is 80.0 Å². The van der Waals surface area contributed by atoms with Crippen molar-refractivity contribution in [1.82, 2.24) is 19.9 Å². The van der Waals surface area contributed by atoms with Crippen molar-refractivity contribution >= 4 is 33.2 Å². The maximum Gasteiger partial charge on any atom is 0.490 e. The Morgan fingerprint density at radius 1 is 1.25 bits per heavy atom. The molecule has 0 amide bonds. The minimum absolute atomic E-state index is 0.783. The molecule has 2 N–H and O–H groups in total. The van der Waals surface area contributed by atoms with Crippen LogP contribution in [0, 0.1) is 0 Å². The number of benzene rings is 1. The number of nitrogens with zero attached hydrogens (tertiary/aromatic N) is 3. The standard InChI is InChI=1S/C15H15BrN4S.C2HF3O2/c1-20-10-19-14(16)13(20)9-17-8-11-2-4-12(5-3-11)15-18-6-7-21-15;3-2(4,5)1(6)7/h2-7,10,17H,8-9H2,1H3;(H,6,7). The summed E-state index contributed by atoms with van der Waals surface area (Å²) in [5, 5.41) is 13.6. The van der Waals surface area contributed by atoms with Crippen molar-refractivity contribution in [3.8, 4) is 10.6 Å². The first-order chi connectivity index (χ1) is 13.2. The van der Waals surface area contributed by atoms with Gasteiger partial charge in [0.1, 0.15) is 9.61 Å². The zero-order chi connectivity index (χ0) is 20.7. The molecule has 11 heteroatoms. The lowest BCUT2D eigenvalue weighted by Crippen LogP contribution is -2.21. The molecule has 0 fully saturated rings. The van der Waals surface area contributed by atoms with Crippen molar-refractivity contribution in [2.45, 2.75) is 19.3 Å². The molecule has 0 aliphatic carbocycles. The Labute approximate surface area is 171 Å². The number of thiazole rings is 1. The molecule has 150 valence electrons. The Hall–Kier alpha value is -2.24. The van der Waals surface area contributed by atoms with Crippen molar-refractivity contribution in [2.24, 2.45) is 7.05 Å². The molecular weight excluding hydrogens is 461 g/mol. The quantitative estimate of drug-likeness (QED) is 0.575. The number of aromatic nitrogens is 3. The average molecular weight is 477 g/mol. The summed E-state index contributed by atoms with van der Waals surface area (Å²) in [5.74, 6) is -2.76. The number of nitrogens with one attached hydrogen (secondary N) is 1. The third-order valence-electron chi connectivity index (χ3n) is 3.51. The summed E-state index contributed by atoms with van der Waals surface area (Å²) >= 11 is 5.12. The van der Waals surface area contributed by atoms with Gasteiger partial charge >= 0.3 is 12.1 Å². The molecule has 0 bridgehead atoms. The Morgan fingerprint density at radius 3 is 2.36 bits per heavy atom. The van der Waals surface area contributed by atoms with Gasteiger partial charge in [-0.2, -0.15) is 13.2 Å². The lowest BCUT2D eigenvalue weighted by Gasteiger charge is -2.07. The van der Waals surface area contributed by atoms with Gasteiger partial charge in [0.2, 0.25) is 0 Å². The fourth-order valence-corrected chi connectivity index (χ4v) is 3.24. The van der Waals surface area contributed by atoms with Crippen LogP contribution in [0.2, 0.25) is 0 Å². The number of carboxylic acids is 1. The number of carbonyl (C=O) groups is 1. The van der Waals surface area contributed by atoms with Crippen LogP contribution in [0.25, 0.3) is 10.6 Å². The van der Waals surface area contributed by atoms with Crippen molar-refractivity contribution in [1.29, 1.82) is 0 Å². The monoisotopic (exact) mass is 476 g/mol. The van der Waals surface area contributed by atoms with Crippen molar-refractivity contribution in [2.75, 3.05) is 0 Å². The zero-order valence-electron chi connectivity index (χ0n) is 14.6. The number of aryl methyl sites for hydroxylation is 1. The van der Waals surface area contributed by atoms with Crippen LogP contribution in [0.4, 0.5) is 13.2 Å². The molecule has 3 rings (SSSR count). The molecule has 0 aliphatic rings. The summed E-state index contributed by atoms with van der Waals surface area (Å²) in [4.78, 5) is 17.4. The number of hydrogen-bond donors (Lipinski definition) is 2. The van der Waals surface area contributed by atoms with E-state index >= 15 is 0 Å². The van der Waals surface area contributed by atoms with Crippen LogP contribution >= 0.6 is 27.3 Å². The SMILES string of the molecule is Cn1cnc(Br)c1CNCc1ccc(-c2nccs2)cc1.O=C(O)C(F)(F)F. The molecule has 1 aromatic carbocycles. The minimum atomic E-state index is -5.08. The van der Waals surface area contributed by atoms with Gasteiger partial charge in [0.15, 0.2) is 0 Å². The molecule has 0 atom stereocenters. The van der Waals surface area contributed by atoms with E-state index < -0.39 is 12.1 Å². The third kappa shape index (κ3) is 6.43. The van der Waals surface area contributed by atoms with Gasteiger partial charge in [-0.05, 0) is 21.5 Å². The minimum Gasteiger partial charge on any atom is -0.475 e. The Bertz CT molecular complexity index is 877. The highest BCUT2D eigenvalue weighted by Gasteiger charge is 2.38. The Morgan fingerprint density at radius 2 is 1.89 bits per heavy atom. The first kappa shape index (κ1) is 22.1. The lowest BCUT2D eigenvalue weighted by molar-refractivity contribution is -0.192. The number of rotatable bonds is 5. The molecular formula is C17H16BrF3N4O2S. The van der Waals surface area contributed by atoms with Gasteiger partial charge in [-0.1, -0.05) is 24.3 Å². The number of halogens is 4. The molecule has 0 saturated carbocycles. The van der Waals surface area contributed by atoms with E-state index in [2.05, 4.69) is 55.5 Å². The highest BCUT2D eigenvalue weighted by Crippen LogP contribution is 2.22. The summed E-state index contributed by atoms with van der Waals surface area (Å²) in [6.07, 6.45) is -1.44. The van der Waals surface area contributed by atoms with Crippen LogP contribution in [-0.4, -0.2) is 31.8 Å². The van der Waals surface area contributed by atoms with E-state index in [9.17, 15) is 13.2 Å². The predicted molar refractivity (Wildman–Crippen MR) is 103 cm³/mol. The molecule has 2 aromatic heterocycles. The Kier molecular flexibility index (Phi) is 7.72. The van der Waals surface area contributed by atoms with Gasteiger partial charge in [0, 0.05) is 37.3 Å². The molecule has 3 aromatic rings. The smallest absolute Gasteiger partial charge is 0.475 e. The van der Waals surface area contributed by atoms with Gasteiger partial charge in [-0.25, -0.2) is 14.8 Å². The highest BCUT2D eigenvalue weighted by molar-refractivity contribution is 9.10. The second kappa shape index (κ2) is 9.80. The second-order valence-electron chi connectivity index (χ2n) is 5.53. The Balaban J connectivity index is 0.000000345. The molecule has 2 heterocycles. The van der Waals surface area contributed by atoms with Crippen molar-refractivity contribution < 1.29 is 23.1 Å². The van der Waals surface area contributed by atoms with Crippen LogP contribution in [0.1, 0.15) is 11.3 Å². The van der Waals surface area contributed by atoms with Crippen LogP contribution in [0.3, 0.4) is 0 Å². The first-order valence-corrected chi connectivity index (χ1v) is 9.51. The van der Waals surface area contributed by atoms with E-state index in [1.54, 1.807) is 11.3 Å². The van der Waals surface area contributed by atoms with E-state index in [1.807, 2.05) is 29.5 Å². The summed E-state index contributed by atoms with van der Waals surface area (Å²) in [5.41, 5.74) is 3.58. The van der Waals surface area contributed by atoms with Gasteiger partial charge in [0.05, 0.1) is 12.0 Å². The summed E-state index contributed by atoms with van der Waals surface area (Å²) in [7, 11) is 2.00. The van der Waals surface area contributed by atoms with E-state index in [4.69, 9.17) is 9.90 Å². The number of imidazole rings is 1. The molecule has 0 saturated heterocycles. The number of alkyl halides is 3. The molecule has 0 unspecified atom stereocenters. The maximum atomic E-state index is 10.6. The van der Waals surface area contributed by atoms with Crippen LogP contribution in [-0.2, 0) is 24.9 Å². The zero-order valence-corrected chi connectivity index (χ0v) is 17.0.